The van der Waals surface area contributed by atoms with Crippen molar-refractivity contribution in [2.45, 2.75) is 13.7 Å². The molecule has 0 fully saturated rings. The van der Waals surface area contributed by atoms with Crippen LogP contribution in [-0.4, -0.2) is 39.4 Å². The van der Waals surface area contributed by atoms with Crippen LogP contribution in [0.5, 0.6) is 0 Å². The Morgan fingerprint density at radius 2 is 2.10 bits per heavy atom. The molecule has 0 saturated carbocycles. The van der Waals surface area contributed by atoms with Gasteiger partial charge in [0.05, 0.1) is 12.0 Å². The molecule has 0 amide bonds. The molecule has 8 nitrogen and oxygen atoms in total. The number of pyridine rings is 1. The zero-order chi connectivity index (χ0) is 15.4. The van der Waals surface area contributed by atoms with Gasteiger partial charge in [-0.05, 0) is 24.1 Å². The van der Waals surface area contributed by atoms with E-state index in [4.69, 9.17) is 0 Å². The Kier molecular flexibility index (Phi) is 5.09. The quantitative estimate of drug-likeness (QED) is 0.350. The van der Waals surface area contributed by atoms with Gasteiger partial charge in [0.2, 0.25) is 0 Å². The van der Waals surface area contributed by atoms with Gasteiger partial charge in [-0.1, -0.05) is 23.1 Å². The fraction of sp³-hybridized carbons (Fsp3) is 0.200. The zero-order valence-corrected chi connectivity index (χ0v) is 13.3. The van der Waals surface area contributed by atoms with Crippen LogP contribution in [0.3, 0.4) is 0 Å². The molecule has 0 atom stereocenters. The second-order valence-electron chi connectivity index (χ2n) is 3.41. The summed E-state index contributed by atoms with van der Waals surface area (Å²) < 4.78 is 5.81. The first-order valence-electron chi connectivity index (χ1n) is 5.34. The van der Waals surface area contributed by atoms with E-state index in [0.29, 0.717) is 4.34 Å². The Hall–Kier alpha value is -1.72. The van der Waals surface area contributed by atoms with Gasteiger partial charge >= 0.3 is 11.7 Å². The molecule has 2 aromatic rings. The summed E-state index contributed by atoms with van der Waals surface area (Å²) in [5.41, 5.74) is -0.200. The summed E-state index contributed by atoms with van der Waals surface area (Å²) in [5.74, 6) is -0.659. The lowest BCUT2D eigenvalue weighted by molar-refractivity contribution is -0.388. The molecule has 0 unspecified atom stereocenters. The molecule has 0 N–H and O–H groups in total. The zero-order valence-electron chi connectivity index (χ0n) is 10.8. The largest absolute Gasteiger partial charge is 0.464 e. The first kappa shape index (κ1) is 15.7. The lowest BCUT2D eigenvalue weighted by atomic mass is 10.3. The SMILES string of the molecule is COC(=O)c1ccc([N+](=O)[O-])c(Sc2nnc(SC)s2)n1. The summed E-state index contributed by atoms with van der Waals surface area (Å²) in [4.78, 5) is 25.9. The first-order chi connectivity index (χ1) is 10.0. The molecule has 0 aliphatic carbocycles. The average molecular weight is 344 g/mol. The van der Waals surface area contributed by atoms with Gasteiger partial charge in [0.1, 0.15) is 5.69 Å². The van der Waals surface area contributed by atoms with Crippen molar-refractivity contribution in [2.75, 3.05) is 13.4 Å². The lowest BCUT2D eigenvalue weighted by Crippen LogP contribution is -2.06. The highest BCUT2D eigenvalue weighted by atomic mass is 32.2. The Labute approximate surface area is 131 Å². The van der Waals surface area contributed by atoms with Crippen molar-refractivity contribution in [1.29, 1.82) is 0 Å². The number of carbonyl (C=O) groups is 1. The number of methoxy groups -OCH3 is 1. The Morgan fingerprint density at radius 1 is 1.38 bits per heavy atom. The molecular weight excluding hydrogens is 336 g/mol. The van der Waals surface area contributed by atoms with E-state index in [-0.39, 0.29) is 16.4 Å². The summed E-state index contributed by atoms with van der Waals surface area (Å²) in [6.07, 6.45) is 1.85. The van der Waals surface area contributed by atoms with E-state index < -0.39 is 10.9 Å². The number of nitrogens with zero attached hydrogens (tertiary/aromatic N) is 4. The highest BCUT2D eigenvalue weighted by molar-refractivity contribution is 8.03. The van der Waals surface area contributed by atoms with Gasteiger partial charge in [-0.15, -0.1) is 10.2 Å². The van der Waals surface area contributed by atoms with Gasteiger partial charge in [-0.25, -0.2) is 9.78 Å². The molecule has 110 valence electrons. The van der Waals surface area contributed by atoms with E-state index >= 15 is 0 Å². The number of esters is 1. The number of hydrogen-bond acceptors (Lipinski definition) is 10. The first-order valence-corrected chi connectivity index (χ1v) is 8.20. The normalized spacial score (nSPS) is 10.4. The predicted octanol–water partition coefficient (Wildman–Crippen LogP) is 2.50. The van der Waals surface area contributed by atoms with Crippen LogP contribution in [0.2, 0.25) is 0 Å². The molecule has 0 aliphatic heterocycles. The molecule has 0 aliphatic rings. The summed E-state index contributed by atoms with van der Waals surface area (Å²) in [6, 6.07) is 2.47. The maximum Gasteiger partial charge on any atom is 0.356 e. The molecule has 0 aromatic carbocycles. The van der Waals surface area contributed by atoms with Crippen LogP contribution < -0.4 is 0 Å². The third kappa shape index (κ3) is 3.68. The topological polar surface area (TPSA) is 108 Å². The van der Waals surface area contributed by atoms with Crippen molar-refractivity contribution in [1.82, 2.24) is 15.2 Å². The van der Waals surface area contributed by atoms with E-state index in [1.807, 2.05) is 6.26 Å². The number of rotatable bonds is 5. The van der Waals surface area contributed by atoms with Gasteiger partial charge in [-0.3, -0.25) is 10.1 Å². The summed E-state index contributed by atoms with van der Waals surface area (Å²) in [5, 5.41) is 18.9. The number of ether oxygens (including phenoxy) is 1. The Morgan fingerprint density at radius 3 is 2.67 bits per heavy atom. The van der Waals surface area contributed by atoms with E-state index in [2.05, 4.69) is 19.9 Å². The number of aromatic nitrogens is 3. The van der Waals surface area contributed by atoms with E-state index in [9.17, 15) is 14.9 Å². The fourth-order valence-electron chi connectivity index (χ4n) is 1.27. The van der Waals surface area contributed by atoms with Crippen LogP contribution in [0.4, 0.5) is 5.69 Å². The number of thioether (sulfide) groups is 1. The Balaban J connectivity index is 2.38. The minimum atomic E-state index is -0.659. The molecule has 0 radical (unpaired) electrons. The van der Waals surface area contributed by atoms with Crippen LogP contribution in [0.15, 0.2) is 25.8 Å². The third-order valence-corrected chi connectivity index (χ3v) is 5.12. The monoisotopic (exact) mass is 344 g/mol. The molecule has 0 bridgehead atoms. The van der Waals surface area contributed by atoms with E-state index in [1.165, 1.54) is 42.3 Å². The minimum absolute atomic E-state index is 0.000190. The van der Waals surface area contributed by atoms with Gasteiger partial charge in [0, 0.05) is 6.07 Å². The van der Waals surface area contributed by atoms with Gasteiger partial charge < -0.3 is 4.74 Å². The van der Waals surface area contributed by atoms with Crippen molar-refractivity contribution in [2.24, 2.45) is 0 Å². The van der Waals surface area contributed by atoms with Crippen LogP contribution >= 0.6 is 34.9 Å². The summed E-state index contributed by atoms with van der Waals surface area (Å²) >= 11 is 3.71. The van der Waals surface area contributed by atoms with Crippen molar-refractivity contribution in [3.63, 3.8) is 0 Å². The van der Waals surface area contributed by atoms with E-state index in [0.717, 1.165) is 16.1 Å². The standard InChI is InChI=1S/C10H8N4O4S3/c1-18-8(15)5-3-4-6(14(16)17)7(11-5)20-10-13-12-9(19-2)21-10/h3-4H,1-2H3. The van der Waals surface area contributed by atoms with Gasteiger partial charge in [-0.2, -0.15) is 0 Å². The maximum atomic E-state index is 11.5. The van der Waals surface area contributed by atoms with Crippen molar-refractivity contribution in [3.05, 3.63) is 27.9 Å². The van der Waals surface area contributed by atoms with Crippen molar-refractivity contribution < 1.29 is 14.5 Å². The molecule has 2 heterocycles. The molecule has 21 heavy (non-hydrogen) atoms. The van der Waals surface area contributed by atoms with Crippen LogP contribution in [0.1, 0.15) is 10.5 Å². The number of nitro groups is 1. The highest BCUT2D eigenvalue weighted by Gasteiger charge is 2.21. The molecule has 0 saturated heterocycles. The van der Waals surface area contributed by atoms with Crippen LogP contribution in [0.25, 0.3) is 0 Å². The molecule has 0 spiro atoms. The van der Waals surface area contributed by atoms with Crippen LogP contribution in [-0.2, 0) is 4.74 Å². The summed E-state index contributed by atoms with van der Waals surface area (Å²) in [6.45, 7) is 0. The number of hydrogen-bond donors (Lipinski definition) is 0. The second kappa shape index (κ2) is 6.83. The summed E-state index contributed by atoms with van der Waals surface area (Å²) in [7, 11) is 1.22. The molecule has 11 heteroatoms. The van der Waals surface area contributed by atoms with Crippen molar-refractivity contribution in [3.8, 4) is 0 Å². The van der Waals surface area contributed by atoms with Crippen LogP contribution in [0, 0.1) is 10.1 Å². The van der Waals surface area contributed by atoms with Crippen molar-refractivity contribution >= 4 is 46.5 Å². The maximum absolute atomic E-state index is 11.5. The molecular formula is C10H8N4O4S3. The smallest absolute Gasteiger partial charge is 0.356 e. The lowest BCUT2D eigenvalue weighted by Gasteiger charge is -2.02. The average Bonchev–Trinajstić information content (AvgIpc) is 2.93. The fourth-order valence-corrected chi connectivity index (χ4v) is 3.71. The minimum Gasteiger partial charge on any atom is -0.464 e. The Bertz CT molecular complexity index is 691. The molecule has 2 aromatic heterocycles. The number of carbonyl (C=O) groups excluding carboxylic acids is 1. The highest BCUT2D eigenvalue weighted by Crippen LogP contribution is 2.36. The van der Waals surface area contributed by atoms with Gasteiger partial charge in [0.15, 0.2) is 13.7 Å². The predicted molar refractivity (Wildman–Crippen MR) is 78.0 cm³/mol. The van der Waals surface area contributed by atoms with Gasteiger partial charge in [0.25, 0.3) is 0 Å². The van der Waals surface area contributed by atoms with E-state index in [1.54, 1.807) is 0 Å². The third-order valence-electron chi connectivity index (χ3n) is 2.18. The molecule has 2 rings (SSSR count). The second-order valence-corrected chi connectivity index (χ2v) is 6.68.